The molecule has 3 nitrogen and oxygen atoms in total. The predicted octanol–water partition coefficient (Wildman–Crippen LogP) is 14.5. The number of thiophene rings is 1. The zero-order chi connectivity index (χ0) is 42.0. The van der Waals surface area contributed by atoms with Crippen molar-refractivity contribution < 1.29 is 21.5 Å². The van der Waals surface area contributed by atoms with Crippen LogP contribution in [0.25, 0.3) is 70.3 Å². The fraction of sp³-hybridized carbons (Fsp3) is 0.245. The molecule has 9 aromatic rings. The monoisotopic (exact) mass is 985 g/mol. The first-order valence-corrected chi connectivity index (χ1v) is 24.6. The number of para-hydroxylation sites is 1. The van der Waals surface area contributed by atoms with Crippen molar-refractivity contribution in [3.05, 3.63) is 155 Å². The van der Waals surface area contributed by atoms with Crippen LogP contribution in [0.1, 0.15) is 62.8 Å². The third-order valence-electron chi connectivity index (χ3n) is 11.5. The van der Waals surface area contributed by atoms with Crippen LogP contribution in [-0.4, -0.2) is 22.6 Å². The van der Waals surface area contributed by atoms with E-state index in [1.54, 1.807) is 0 Å². The zero-order valence-corrected chi connectivity index (χ0v) is 40.3. The first-order chi connectivity index (χ1) is 27.9. The summed E-state index contributed by atoms with van der Waals surface area (Å²) >= 11 is 1.85. The van der Waals surface area contributed by atoms with Gasteiger partial charge in [-0.1, -0.05) is 131 Å². The largest absolute Gasteiger partial charge is 0.333 e. The molecule has 0 saturated carbocycles. The molecule has 0 aliphatic heterocycles. The Labute approximate surface area is 370 Å². The fourth-order valence-corrected chi connectivity index (χ4v) is 10.9. The van der Waals surface area contributed by atoms with E-state index in [4.69, 9.17) is 11.3 Å². The van der Waals surface area contributed by atoms with Crippen LogP contribution in [0.15, 0.2) is 115 Å². The van der Waals surface area contributed by atoms with Gasteiger partial charge in [-0.05, 0) is 98.7 Å². The Balaban J connectivity index is 0.000000198. The minimum Gasteiger partial charge on any atom is -0.333 e. The Hall–Kier alpha value is -4.71. The van der Waals surface area contributed by atoms with Crippen LogP contribution in [0.4, 0.5) is 0 Å². The number of aryl methyl sites for hydroxylation is 4. The van der Waals surface area contributed by atoms with Gasteiger partial charge in [0.1, 0.15) is 0 Å². The van der Waals surface area contributed by atoms with Crippen LogP contribution in [-0.2, 0) is 20.1 Å². The Morgan fingerprint density at radius 1 is 0.797 bits per heavy atom. The number of hydrogen-bond donors (Lipinski definition) is 0. The molecule has 0 saturated heterocycles. The van der Waals surface area contributed by atoms with Gasteiger partial charge in [-0.15, -0.1) is 53.6 Å². The number of fused-ring (bicyclic) bond motifs is 5. The smallest absolute Gasteiger partial charge is 0.0799 e. The summed E-state index contributed by atoms with van der Waals surface area (Å²) < 4.78 is 14.0. The van der Waals surface area contributed by atoms with Gasteiger partial charge in [-0.3, -0.25) is 4.98 Å². The maximum Gasteiger partial charge on any atom is 0.0799 e. The van der Waals surface area contributed by atoms with Crippen molar-refractivity contribution >= 4 is 66.6 Å². The first kappa shape index (κ1) is 41.0. The molecular weight excluding hydrogens is 931 g/mol. The Morgan fingerprint density at radius 3 is 2.15 bits per heavy atom. The molecule has 0 amide bonds. The summed E-state index contributed by atoms with van der Waals surface area (Å²) in [6.07, 6.45) is 2.01. The van der Waals surface area contributed by atoms with E-state index in [1.165, 1.54) is 64.1 Å². The third-order valence-corrected chi connectivity index (χ3v) is 14.7. The number of pyridine rings is 1. The van der Waals surface area contributed by atoms with E-state index in [0.29, 0.717) is 0 Å². The molecule has 1 unspecified atom stereocenters. The fourth-order valence-electron chi connectivity index (χ4n) is 8.04. The SMILES string of the molecule is Cc1ccc2c(c1)sc1c(-c3nc4cc5ccccc5cc4n3-c3c(C)cccc3C)[c-]cc(C)c12.[2H]C(C)(c1cc(-c2[c-]cccc2)ncc1[Si](C)(C)C)C(C)(C)C.[Ir]. The normalized spacial score (nSPS) is 13.2. The summed E-state index contributed by atoms with van der Waals surface area (Å²) in [5.74, 6) is 0.278. The molecule has 3 heterocycles. The summed E-state index contributed by atoms with van der Waals surface area (Å²) in [6, 6.07) is 45.4. The predicted molar refractivity (Wildman–Crippen MR) is 254 cm³/mol. The van der Waals surface area contributed by atoms with Gasteiger partial charge in [0.2, 0.25) is 0 Å². The van der Waals surface area contributed by atoms with Crippen molar-refractivity contribution in [3.63, 3.8) is 0 Å². The second-order valence-corrected chi connectivity index (χ2v) is 24.0. The molecule has 59 heavy (non-hydrogen) atoms. The van der Waals surface area contributed by atoms with Crippen LogP contribution < -0.4 is 5.19 Å². The van der Waals surface area contributed by atoms with Crippen molar-refractivity contribution in [2.75, 3.05) is 0 Å². The molecule has 1 atom stereocenters. The Kier molecular flexibility index (Phi) is 11.4. The molecule has 6 aromatic carbocycles. The number of benzene rings is 6. The summed E-state index contributed by atoms with van der Waals surface area (Å²) in [5.41, 5.74) is 12.3. The van der Waals surface area contributed by atoms with Crippen molar-refractivity contribution in [1.29, 1.82) is 0 Å². The van der Waals surface area contributed by atoms with Gasteiger partial charge >= 0.3 is 0 Å². The van der Waals surface area contributed by atoms with Gasteiger partial charge in [0.25, 0.3) is 0 Å². The number of imidazole rings is 1. The third kappa shape index (κ3) is 8.13. The Morgan fingerprint density at radius 2 is 1.49 bits per heavy atom. The molecule has 0 N–H and O–H groups in total. The van der Waals surface area contributed by atoms with Crippen molar-refractivity contribution in [2.45, 2.75) is 80.9 Å². The van der Waals surface area contributed by atoms with Crippen LogP contribution >= 0.6 is 11.3 Å². The van der Waals surface area contributed by atoms with Crippen LogP contribution in [0, 0.1) is 45.2 Å². The van der Waals surface area contributed by atoms with Gasteiger partial charge in [0.05, 0.1) is 24.9 Å². The maximum atomic E-state index is 9.08. The minimum absolute atomic E-state index is 0. The maximum absolute atomic E-state index is 9.08. The molecule has 6 heteroatoms. The molecular formula is C53H53IrN3SSi-2. The van der Waals surface area contributed by atoms with Crippen molar-refractivity contribution in [3.8, 4) is 28.3 Å². The van der Waals surface area contributed by atoms with Gasteiger partial charge in [-0.25, -0.2) is 0 Å². The molecule has 0 aliphatic carbocycles. The second-order valence-electron chi connectivity index (χ2n) is 17.9. The van der Waals surface area contributed by atoms with Gasteiger partial charge in [-0.2, -0.15) is 11.3 Å². The van der Waals surface area contributed by atoms with E-state index in [9.17, 15) is 0 Å². The van der Waals surface area contributed by atoms with E-state index >= 15 is 0 Å². The number of aromatic nitrogens is 3. The zero-order valence-electron chi connectivity index (χ0n) is 37.1. The molecule has 3 aromatic heterocycles. The summed E-state index contributed by atoms with van der Waals surface area (Å²) in [6.45, 7) is 24.1. The molecule has 0 aliphatic rings. The molecule has 9 rings (SSSR count). The van der Waals surface area contributed by atoms with E-state index in [1.807, 2.05) is 48.7 Å². The average molecular weight is 985 g/mol. The van der Waals surface area contributed by atoms with Crippen molar-refractivity contribution in [2.24, 2.45) is 5.41 Å². The molecule has 0 bridgehead atoms. The van der Waals surface area contributed by atoms with Crippen LogP contribution in [0.5, 0.6) is 0 Å². The molecule has 0 spiro atoms. The second kappa shape index (κ2) is 16.4. The van der Waals surface area contributed by atoms with E-state index in [-0.39, 0.29) is 25.5 Å². The summed E-state index contributed by atoms with van der Waals surface area (Å²) in [4.78, 5) is 9.99. The van der Waals surface area contributed by atoms with Gasteiger partial charge in [0.15, 0.2) is 0 Å². The topological polar surface area (TPSA) is 30.7 Å². The summed E-state index contributed by atoms with van der Waals surface area (Å²) in [7, 11) is -1.58. The average Bonchev–Trinajstić information content (AvgIpc) is 3.75. The number of nitrogens with zero attached hydrogens (tertiary/aromatic N) is 3. The van der Waals surface area contributed by atoms with E-state index in [0.717, 1.165) is 39.2 Å². The summed E-state index contributed by atoms with van der Waals surface area (Å²) in [5, 5.41) is 6.34. The number of rotatable bonds is 5. The van der Waals surface area contributed by atoms with Crippen molar-refractivity contribution in [1.82, 2.24) is 14.5 Å². The standard InChI is InChI=1S/C33H25N2S.C20H28NSi.Ir/c1-19-12-14-25-29(16-19)36-32-26(15-13-20(2)30(25)32)33-34-27-17-23-10-5-6-11-24(23)18-28(27)35(33)31-21(3)8-7-9-22(31)4;1-15(20(2,3)4)17-13-18(16-11-9-8-10-12-16)21-14-19(17)22(5,6)7;/h5-14,16-18H,1-4H3;8-11,13-15H,1-7H3;/q2*-1;/i;15D;. The number of hydrogen-bond acceptors (Lipinski definition) is 3. The van der Waals surface area contributed by atoms with Gasteiger partial charge < -0.3 is 9.55 Å². The van der Waals surface area contributed by atoms with Crippen LogP contribution in [0.2, 0.25) is 19.6 Å². The van der Waals surface area contributed by atoms with Crippen LogP contribution in [0.3, 0.4) is 0 Å². The quantitative estimate of drug-likeness (QED) is 0.127. The minimum atomic E-state index is -1.58. The molecule has 0 fully saturated rings. The molecule has 1 radical (unpaired) electrons. The Bertz CT molecular complexity index is 3020. The van der Waals surface area contributed by atoms with Gasteiger partial charge in [0, 0.05) is 38.1 Å². The molecule has 301 valence electrons. The first-order valence-electron chi connectivity index (χ1n) is 20.7. The van der Waals surface area contributed by atoms with E-state index in [2.05, 4.69) is 170 Å². The van der Waals surface area contributed by atoms with E-state index < -0.39 is 14.0 Å².